The Morgan fingerprint density at radius 2 is 1.52 bits per heavy atom. The smallest absolute Gasteiger partial charge is 0.243 e. The monoisotopic (exact) mass is 734 g/mol. The number of aliphatic hydroxyl groups excluding tert-OH is 2. The number of hydrogen-bond donors (Lipinski definition) is 4. The second-order valence-electron chi connectivity index (χ2n) is 14.2. The third-order valence-electron chi connectivity index (χ3n) is 9.90. The fourth-order valence-corrected chi connectivity index (χ4v) is 8.14. The van der Waals surface area contributed by atoms with Gasteiger partial charge in [-0.3, -0.25) is 9.59 Å². The standard InChI is InChI=1S/C41H58N4O6S/c1-5-7-11-25-38(46)39(47)37(29-33-21-14-9-15-22-33)43-41(49)36(18-6-2)42-40(48)35(28-32-19-12-8-13-20-32)31-52(50,51)45(4)27-26-44(3)30-34-23-16-10-17-24-34/h1-2,8,10,12-13,16-17,19-20,23-24,33,35-39,46-47H,7,9,11,14-15,18,21-22,25-31H2,3-4H3,(H,42,48)(H,43,49)/t35-,36+,37+,38+,39-/m1/s1. The number of carbonyl (C=O) groups is 2. The number of unbranched alkanes of at least 4 members (excludes halogenated alkanes) is 1. The molecule has 1 aliphatic rings. The molecule has 52 heavy (non-hydrogen) atoms. The number of likely N-dealkylation sites (N-methyl/N-ethyl adjacent to an activating group) is 2. The van der Waals surface area contributed by atoms with Crippen LogP contribution in [-0.2, 0) is 32.6 Å². The third-order valence-corrected chi connectivity index (χ3v) is 11.9. The first-order valence-corrected chi connectivity index (χ1v) is 20.1. The van der Waals surface area contributed by atoms with Crippen LogP contribution in [0, 0.1) is 36.5 Å². The molecule has 11 heteroatoms. The van der Waals surface area contributed by atoms with E-state index in [-0.39, 0.29) is 31.7 Å². The van der Waals surface area contributed by atoms with Crippen LogP contribution in [-0.4, -0.2) is 96.9 Å². The number of nitrogens with zero attached hydrogens (tertiary/aromatic N) is 2. The molecule has 0 heterocycles. The maximum Gasteiger partial charge on any atom is 0.243 e. The summed E-state index contributed by atoms with van der Waals surface area (Å²) in [5, 5.41) is 27.7. The van der Waals surface area contributed by atoms with E-state index in [1.165, 1.54) is 11.4 Å². The number of amides is 2. The van der Waals surface area contributed by atoms with Crippen molar-refractivity contribution in [2.75, 3.05) is 32.9 Å². The van der Waals surface area contributed by atoms with E-state index in [9.17, 15) is 28.2 Å². The molecule has 1 saturated carbocycles. The van der Waals surface area contributed by atoms with Crippen LogP contribution in [0.25, 0.3) is 0 Å². The van der Waals surface area contributed by atoms with Crippen molar-refractivity contribution in [3.05, 3.63) is 71.8 Å². The molecule has 0 saturated heterocycles. The molecule has 0 bridgehead atoms. The van der Waals surface area contributed by atoms with Gasteiger partial charge in [-0.25, -0.2) is 12.7 Å². The van der Waals surface area contributed by atoms with Gasteiger partial charge < -0.3 is 25.7 Å². The van der Waals surface area contributed by atoms with Crippen molar-refractivity contribution < 1.29 is 28.2 Å². The van der Waals surface area contributed by atoms with E-state index in [1.807, 2.05) is 72.6 Å². The molecule has 0 radical (unpaired) electrons. The van der Waals surface area contributed by atoms with E-state index in [0.717, 1.165) is 43.2 Å². The van der Waals surface area contributed by atoms with E-state index < -0.39 is 57.8 Å². The minimum Gasteiger partial charge on any atom is -0.390 e. The molecule has 284 valence electrons. The molecular formula is C41H58N4O6S. The number of nitrogens with one attached hydrogen (secondary N) is 2. The predicted octanol–water partition coefficient (Wildman–Crippen LogP) is 3.73. The van der Waals surface area contributed by atoms with Crippen LogP contribution in [0.15, 0.2) is 60.7 Å². The lowest BCUT2D eigenvalue weighted by molar-refractivity contribution is -0.132. The van der Waals surface area contributed by atoms with E-state index in [0.29, 0.717) is 32.4 Å². The fraction of sp³-hybridized carbons (Fsp3) is 0.561. The molecule has 1 aliphatic carbocycles. The topological polar surface area (TPSA) is 139 Å². The highest BCUT2D eigenvalue weighted by atomic mass is 32.2. The predicted molar refractivity (Wildman–Crippen MR) is 206 cm³/mol. The Morgan fingerprint density at radius 1 is 0.885 bits per heavy atom. The van der Waals surface area contributed by atoms with Gasteiger partial charge in [-0.2, -0.15) is 0 Å². The summed E-state index contributed by atoms with van der Waals surface area (Å²) < 4.78 is 28.6. The number of terminal acetylenes is 2. The van der Waals surface area contributed by atoms with E-state index >= 15 is 0 Å². The molecule has 5 atom stereocenters. The molecule has 0 unspecified atom stereocenters. The number of sulfonamides is 1. The van der Waals surface area contributed by atoms with Crippen LogP contribution >= 0.6 is 0 Å². The molecule has 2 amide bonds. The zero-order valence-corrected chi connectivity index (χ0v) is 31.6. The lowest BCUT2D eigenvalue weighted by Gasteiger charge is -2.33. The third kappa shape index (κ3) is 14.7. The summed E-state index contributed by atoms with van der Waals surface area (Å²) in [6.45, 7) is 1.37. The van der Waals surface area contributed by atoms with Crippen molar-refractivity contribution in [3.8, 4) is 24.7 Å². The van der Waals surface area contributed by atoms with Gasteiger partial charge in [0.15, 0.2) is 0 Å². The van der Waals surface area contributed by atoms with Crippen LogP contribution in [0.3, 0.4) is 0 Å². The Labute approximate surface area is 311 Å². The van der Waals surface area contributed by atoms with Gasteiger partial charge in [-0.05, 0) is 49.8 Å². The van der Waals surface area contributed by atoms with Gasteiger partial charge in [0.05, 0.1) is 29.9 Å². The van der Waals surface area contributed by atoms with Crippen molar-refractivity contribution in [1.29, 1.82) is 0 Å². The lowest BCUT2D eigenvalue weighted by atomic mass is 9.82. The minimum absolute atomic E-state index is 0.130. The van der Waals surface area contributed by atoms with Crippen LogP contribution in [0.4, 0.5) is 0 Å². The average molecular weight is 735 g/mol. The van der Waals surface area contributed by atoms with Gasteiger partial charge in [0, 0.05) is 39.5 Å². The molecule has 2 aromatic carbocycles. The first-order valence-electron chi connectivity index (χ1n) is 18.5. The molecule has 0 aliphatic heterocycles. The van der Waals surface area contributed by atoms with Crippen LogP contribution in [0.5, 0.6) is 0 Å². The van der Waals surface area contributed by atoms with Crippen LogP contribution < -0.4 is 10.6 Å². The molecule has 10 nitrogen and oxygen atoms in total. The summed E-state index contributed by atoms with van der Waals surface area (Å²) >= 11 is 0. The number of rotatable bonds is 22. The van der Waals surface area contributed by atoms with Gasteiger partial charge in [0.25, 0.3) is 0 Å². The van der Waals surface area contributed by atoms with Gasteiger partial charge in [0.2, 0.25) is 21.8 Å². The van der Waals surface area contributed by atoms with E-state index in [2.05, 4.69) is 22.5 Å². The van der Waals surface area contributed by atoms with Gasteiger partial charge in [-0.15, -0.1) is 24.7 Å². The van der Waals surface area contributed by atoms with Crippen molar-refractivity contribution >= 4 is 21.8 Å². The fourth-order valence-electron chi connectivity index (χ4n) is 6.75. The number of carbonyl (C=O) groups excluding carboxylic acids is 2. The summed E-state index contributed by atoms with van der Waals surface area (Å²) in [6, 6.07) is 17.1. The summed E-state index contributed by atoms with van der Waals surface area (Å²) in [5.41, 5.74) is 1.89. The number of aliphatic hydroxyl groups is 2. The molecule has 0 spiro atoms. The van der Waals surface area contributed by atoms with Crippen molar-refractivity contribution in [1.82, 2.24) is 19.8 Å². The van der Waals surface area contributed by atoms with Gasteiger partial charge >= 0.3 is 0 Å². The maximum atomic E-state index is 13.9. The maximum absolute atomic E-state index is 13.9. The van der Waals surface area contributed by atoms with Crippen LogP contribution in [0.2, 0.25) is 0 Å². The molecular weight excluding hydrogens is 677 g/mol. The molecule has 1 fully saturated rings. The Kier molecular flexibility index (Phi) is 18.4. The quantitative estimate of drug-likeness (QED) is 0.107. The summed E-state index contributed by atoms with van der Waals surface area (Å²) in [7, 11) is -0.460. The molecule has 4 N–H and O–H groups in total. The summed E-state index contributed by atoms with van der Waals surface area (Å²) in [4.78, 5) is 29.8. The first-order chi connectivity index (χ1) is 24.9. The van der Waals surface area contributed by atoms with Crippen molar-refractivity contribution in [2.24, 2.45) is 11.8 Å². The normalized spacial score (nSPS) is 16.6. The Morgan fingerprint density at radius 3 is 2.13 bits per heavy atom. The van der Waals surface area contributed by atoms with Crippen molar-refractivity contribution in [2.45, 2.75) is 101 Å². The minimum atomic E-state index is -3.90. The first kappa shape index (κ1) is 42.7. The molecule has 0 aromatic heterocycles. The zero-order valence-electron chi connectivity index (χ0n) is 30.8. The highest BCUT2D eigenvalue weighted by molar-refractivity contribution is 7.89. The summed E-state index contributed by atoms with van der Waals surface area (Å²) in [6.07, 6.45) is 15.6. The SMILES string of the molecule is C#CCCC[C@H](O)[C@H](O)[C@H](CC1CCCCC1)NC(=O)[C@H](CC#C)NC(=O)[C@H](Cc1ccccc1)CS(=O)(=O)N(C)CCN(C)Cc1ccccc1. The molecule has 3 rings (SSSR count). The second-order valence-corrected chi connectivity index (χ2v) is 16.3. The van der Waals surface area contributed by atoms with E-state index in [4.69, 9.17) is 12.8 Å². The Hall–Kier alpha value is -3.71. The largest absolute Gasteiger partial charge is 0.390 e. The van der Waals surface area contributed by atoms with Crippen molar-refractivity contribution in [3.63, 3.8) is 0 Å². The average Bonchev–Trinajstić information content (AvgIpc) is 3.14. The Balaban J connectivity index is 1.74. The molecule has 2 aromatic rings. The van der Waals surface area contributed by atoms with Gasteiger partial charge in [-0.1, -0.05) is 92.8 Å². The number of hydrogen-bond acceptors (Lipinski definition) is 7. The highest BCUT2D eigenvalue weighted by Gasteiger charge is 2.35. The second kappa shape index (κ2) is 22.4. The summed E-state index contributed by atoms with van der Waals surface area (Å²) in [5.74, 6) is 2.56. The Bertz CT molecular complexity index is 1550. The highest BCUT2D eigenvalue weighted by Crippen LogP contribution is 2.29. The van der Waals surface area contributed by atoms with Crippen LogP contribution in [0.1, 0.15) is 75.3 Å². The van der Waals surface area contributed by atoms with Gasteiger partial charge in [0.1, 0.15) is 6.04 Å². The lowest BCUT2D eigenvalue weighted by Crippen LogP contribution is -2.56. The number of benzene rings is 2. The van der Waals surface area contributed by atoms with E-state index in [1.54, 1.807) is 0 Å². The zero-order chi connectivity index (χ0) is 37.9.